The third-order valence-electron chi connectivity index (χ3n) is 5.38. The average Bonchev–Trinajstić information content (AvgIpc) is 3.23. The summed E-state index contributed by atoms with van der Waals surface area (Å²) in [5.74, 6) is 0.279. The molecule has 0 spiro atoms. The van der Waals surface area contributed by atoms with E-state index in [1.54, 1.807) is 23.1 Å². The minimum Gasteiger partial charge on any atom is -0.345 e. The van der Waals surface area contributed by atoms with Crippen LogP contribution in [0.1, 0.15) is 28.0 Å². The second-order valence-electron chi connectivity index (χ2n) is 7.17. The zero-order chi connectivity index (χ0) is 17.7. The molecule has 1 fully saturated rings. The maximum Gasteiger partial charge on any atom is 0.267 e. The third kappa shape index (κ3) is 2.42. The SMILES string of the molecule is O=C(c1c[nH]c2ncccc12)N1CC(Cn2nc3c(cc2=O)CCC3)C1. The predicted octanol–water partition coefficient (Wildman–Crippen LogP) is 1.38. The molecule has 0 unspecified atom stereocenters. The summed E-state index contributed by atoms with van der Waals surface area (Å²) in [6.45, 7) is 1.87. The first-order valence-corrected chi connectivity index (χ1v) is 9.00. The third-order valence-corrected chi connectivity index (χ3v) is 5.38. The fourth-order valence-corrected chi connectivity index (χ4v) is 3.97. The van der Waals surface area contributed by atoms with E-state index >= 15 is 0 Å². The molecule has 1 saturated heterocycles. The molecule has 1 aliphatic heterocycles. The Morgan fingerprint density at radius 1 is 1.31 bits per heavy atom. The van der Waals surface area contributed by atoms with Gasteiger partial charge in [-0.2, -0.15) is 5.10 Å². The van der Waals surface area contributed by atoms with E-state index in [9.17, 15) is 9.59 Å². The Balaban J connectivity index is 1.28. The number of hydrogen-bond acceptors (Lipinski definition) is 4. The molecule has 1 amide bonds. The Kier molecular flexibility index (Phi) is 3.41. The Bertz CT molecular complexity index is 1060. The highest BCUT2D eigenvalue weighted by Crippen LogP contribution is 2.24. The van der Waals surface area contributed by atoms with Crippen molar-refractivity contribution in [1.29, 1.82) is 0 Å². The number of pyridine rings is 1. The Labute approximate surface area is 149 Å². The van der Waals surface area contributed by atoms with Gasteiger partial charge in [-0.25, -0.2) is 9.67 Å². The normalized spacial score (nSPS) is 16.7. The summed E-state index contributed by atoms with van der Waals surface area (Å²) in [5.41, 5.74) is 3.51. The van der Waals surface area contributed by atoms with E-state index in [0.29, 0.717) is 25.2 Å². The lowest BCUT2D eigenvalue weighted by Crippen LogP contribution is -2.52. The van der Waals surface area contributed by atoms with Crippen molar-refractivity contribution in [3.05, 3.63) is 57.8 Å². The van der Waals surface area contributed by atoms with Crippen LogP contribution in [0.25, 0.3) is 11.0 Å². The van der Waals surface area contributed by atoms with Gasteiger partial charge in [-0.05, 0) is 37.0 Å². The van der Waals surface area contributed by atoms with Crippen molar-refractivity contribution in [2.45, 2.75) is 25.8 Å². The van der Waals surface area contributed by atoms with Crippen LogP contribution in [0.3, 0.4) is 0 Å². The first kappa shape index (κ1) is 15.3. The molecule has 7 nitrogen and oxygen atoms in total. The van der Waals surface area contributed by atoms with Crippen LogP contribution in [-0.2, 0) is 19.4 Å². The minimum absolute atomic E-state index is 0.00904. The summed E-state index contributed by atoms with van der Waals surface area (Å²) in [6, 6.07) is 5.46. The van der Waals surface area contributed by atoms with Gasteiger partial charge >= 0.3 is 0 Å². The fraction of sp³-hybridized carbons (Fsp3) is 0.368. The van der Waals surface area contributed by atoms with E-state index in [-0.39, 0.29) is 17.4 Å². The number of aromatic nitrogens is 4. The largest absolute Gasteiger partial charge is 0.345 e. The number of nitrogens with zero attached hydrogens (tertiary/aromatic N) is 4. The number of hydrogen-bond donors (Lipinski definition) is 1. The number of aromatic amines is 1. The molecule has 5 rings (SSSR count). The molecule has 4 heterocycles. The molecule has 0 saturated carbocycles. The van der Waals surface area contributed by atoms with Gasteiger partial charge in [0.1, 0.15) is 5.65 Å². The van der Waals surface area contributed by atoms with Gasteiger partial charge in [0.2, 0.25) is 0 Å². The van der Waals surface area contributed by atoms with Crippen molar-refractivity contribution in [2.75, 3.05) is 13.1 Å². The molecule has 3 aromatic heterocycles. The molecule has 7 heteroatoms. The molecule has 0 aromatic carbocycles. The van der Waals surface area contributed by atoms with Gasteiger partial charge < -0.3 is 9.88 Å². The summed E-state index contributed by atoms with van der Waals surface area (Å²) in [4.78, 5) is 34.0. The lowest BCUT2D eigenvalue weighted by Gasteiger charge is -2.39. The van der Waals surface area contributed by atoms with E-state index in [4.69, 9.17) is 0 Å². The highest BCUT2D eigenvalue weighted by atomic mass is 16.2. The van der Waals surface area contributed by atoms with Crippen LogP contribution in [0.4, 0.5) is 0 Å². The molecular weight excluding hydrogens is 330 g/mol. The molecule has 2 aliphatic rings. The number of amides is 1. The Hall–Kier alpha value is -2.96. The van der Waals surface area contributed by atoms with Gasteiger partial charge in [0.15, 0.2) is 0 Å². The number of likely N-dealkylation sites (tertiary alicyclic amines) is 1. The summed E-state index contributed by atoms with van der Waals surface area (Å²) in [7, 11) is 0. The summed E-state index contributed by atoms with van der Waals surface area (Å²) < 4.78 is 1.58. The van der Waals surface area contributed by atoms with Gasteiger partial charge in [0.05, 0.1) is 17.8 Å². The maximum absolute atomic E-state index is 12.7. The van der Waals surface area contributed by atoms with Gasteiger partial charge in [-0.3, -0.25) is 9.59 Å². The fourth-order valence-electron chi connectivity index (χ4n) is 3.97. The second kappa shape index (κ2) is 5.79. The smallest absolute Gasteiger partial charge is 0.267 e. The topological polar surface area (TPSA) is 83.9 Å². The van der Waals surface area contributed by atoms with E-state index in [0.717, 1.165) is 41.6 Å². The number of fused-ring (bicyclic) bond motifs is 2. The Morgan fingerprint density at radius 3 is 3.08 bits per heavy atom. The lowest BCUT2D eigenvalue weighted by atomic mass is 9.99. The van der Waals surface area contributed by atoms with Crippen LogP contribution in [0.5, 0.6) is 0 Å². The van der Waals surface area contributed by atoms with Crippen molar-refractivity contribution in [3.63, 3.8) is 0 Å². The van der Waals surface area contributed by atoms with E-state index in [2.05, 4.69) is 15.1 Å². The van der Waals surface area contributed by atoms with Crippen molar-refractivity contribution in [2.24, 2.45) is 5.92 Å². The summed E-state index contributed by atoms with van der Waals surface area (Å²) >= 11 is 0. The van der Waals surface area contributed by atoms with Crippen molar-refractivity contribution >= 4 is 16.9 Å². The highest BCUT2D eigenvalue weighted by molar-refractivity contribution is 6.06. The standard InChI is InChI=1S/C19H19N5O2/c25-17-7-13-3-1-5-16(13)22-24(17)11-12-9-23(10-12)19(26)15-8-21-18-14(15)4-2-6-20-18/h2,4,6-8,12H,1,3,5,9-11H2,(H,20,21). The predicted molar refractivity (Wildman–Crippen MR) is 96.0 cm³/mol. The zero-order valence-electron chi connectivity index (χ0n) is 14.3. The summed E-state index contributed by atoms with van der Waals surface area (Å²) in [5, 5.41) is 5.37. The molecule has 26 heavy (non-hydrogen) atoms. The molecule has 0 radical (unpaired) electrons. The average molecular weight is 349 g/mol. The van der Waals surface area contributed by atoms with E-state index in [1.165, 1.54) is 0 Å². The number of nitrogens with one attached hydrogen (secondary N) is 1. The van der Waals surface area contributed by atoms with Gasteiger partial charge in [0, 0.05) is 42.9 Å². The monoisotopic (exact) mass is 349 g/mol. The van der Waals surface area contributed by atoms with Crippen LogP contribution in [0, 0.1) is 5.92 Å². The Morgan fingerprint density at radius 2 is 2.19 bits per heavy atom. The van der Waals surface area contributed by atoms with Crippen LogP contribution in [0.2, 0.25) is 0 Å². The van der Waals surface area contributed by atoms with Crippen molar-refractivity contribution in [3.8, 4) is 0 Å². The van der Waals surface area contributed by atoms with Gasteiger partial charge in [0.25, 0.3) is 11.5 Å². The molecule has 0 atom stereocenters. The first-order valence-electron chi connectivity index (χ1n) is 9.00. The lowest BCUT2D eigenvalue weighted by molar-refractivity contribution is 0.0460. The quantitative estimate of drug-likeness (QED) is 0.774. The molecular formula is C19H19N5O2. The van der Waals surface area contributed by atoms with Crippen LogP contribution < -0.4 is 5.56 Å². The number of aryl methyl sites for hydroxylation is 2. The molecule has 3 aromatic rings. The zero-order valence-corrected chi connectivity index (χ0v) is 14.3. The van der Waals surface area contributed by atoms with Crippen LogP contribution in [0.15, 0.2) is 35.4 Å². The van der Waals surface area contributed by atoms with Crippen LogP contribution in [-0.4, -0.2) is 43.6 Å². The maximum atomic E-state index is 12.7. The number of H-pyrrole nitrogens is 1. The highest BCUT2D eigenvalue weighted by Gasteiger charge is 2.33. The molecule has 1 aliphatic carbocycles. The number of carbonyl (C=O) groups excluding carboxylic acids is 1. The molecule has 1 N–H and O–H groups in total. The number of rotatable bonds is 3. The molecule has 0 bridgehead atoms. The van der Waals surface area contributed by atoms with E-state index < -0.39 is 0 Å². The van der Waals surface area contributed by atoms with Crippen molar-refractivity contribution in [1.82, 2.24) is 24.6 Å². The van der Waals surface area contributed by atoms with Gasteiger partial charge in [-0.15, -0.1) is 0 Å². The van der Waals surface area contributed by atoms with Crippen molar-refractivity contribution < 1.29 is 4.79 Å². The first-order chi connectivity index (χ1) is 12.7. The molecule has 132 valence electrons. The second-order valence-corrected chi connectivity index (χ2v) is 7.17. The minimum atomic E-state index is -0.0295. The van der Waals surface area contributed by atoms with E-state index in [1.807, 2.05) is 17.0 Å². The van der Waals surface area contributed by atoms with Crippen LogP contribution >= 0.6 is 0 Å². The van der Waals surface area contributed by atoms with Gasteiger partial charge in [-0.1, -0.05) is 0 Å². The summed E-state index contributed by atoms with van der Waals surface area (Å²) in [6.07, 6.45) is 6.42. The number of carbonyl (C=O) groups is 1.